The highest BCUT2D eigenvalue weighted by atomic mass is 19.3. The smallest absolute Gasteiger partial charge is 0.387 e. The average Bonchev–Trinajstić information content (AvgIpc) is 3.19. The number of fused-ring (bicyclic) bond motifs is 1. The van der Waals surface area contributed by atoms with Crippen LogP contribution < -0.4 is 16.0 Å². The molecule has 0 fully saturated rings. The Kier molecular flexibility index (Phi) is 5.46. The maximum atomic E-state index is 12.9. The van der Waals surface area contributed by atoms with E-state index < -0.39 is 6.61 Å². The Labute approximate surface area is 190 Å². The number of H-pyrrole nitrogens is 1. The average molecular weight is 461 g/mol. The summed E-state index contributed by atoms with van der Waals surface area (Å²) in [6.45, 7) is -2.78. The van der Waals surface area contributed by atoms with Crippen molar-refractivity contribution >= 4 is 10.8 Å². The van der Waals surface area contributed by atoms with Gasteiger partial charge in [0.15, 0.2) is 0 Å². The van der Waals surface area contributed by atoms with E-state index in [-0.39, 0.29) is 23.5 Å². The molecule has 0 aliphatic carbocycles. The van der Waals surface area contributed by atoms with E-state index in [1.807, 2.05) is 12.1 Å². The fraction of sp³-hybridized carbons (Fsp3) is 0.0833. The zero-order valence-electron chi connectivity index (χ0n) is 17.6. The lowest BCUT2D eigenvalue weighted by molar-refractivity contribution is -0.0498. The van der Waals surface area contributed by atoms with Crippen molar-refractivity contribution in [3.8, 4) is 22.7 Å². The molecule has 0 bridgehead atoms. The molecular formula is C24H17F2N5O3. The number of hydrogen-bond donors (Lipinski definition) is 1. The summed E-state index contributed by atoms with van der Waals surface area (Å²) in [5, 5.41) is 12.1. The molecule has 0 amide bonds. The molecule has 8 nitrogen and oxygen atoms in total. The van der Waals surface area contributed by atoms with Crippen LogP contribution >= 0.6 is 0 Å². The van der Waals surface area contributed by atoms with Crippen LogP contribution in [-0.2, 0) is 6.54 Å². The van der Waals surface area contributed by atoms with E-state index in [0.29, 0.717) is 22.3 Å². The maximum absolute atomic E-state index is 12.9. The summed E-state index contributed by atoms with van der Waals surface area (Å²) in [4.78, 5) is 24.9. The second kappa shape index (κ2) is 8.74. The Bertz CT molecular complexity index is 1590. The first-order valence-corrected chi connectivity index (χ1v) is 10.3. The topological polar surface area (TPSA) is 94.8 Å². The first kappa shape index (κ1) is 21.3. The standard InChI is InChI=1S/C24H17F2N5O3/c25-23(26)34-18-5-3-4-15(12-18)13-30-14-27-31(24(30)33)17-10-8-16(9-11-17)21-19-6-1-2-7-20(19)22(32)29-28-21/h1-12,14,23H,13H2,(H,29,32). The molecule has 5 aromatic rings. The number of benzene rings is 3. The van der Waals surface area contributed by atoms with Crippen LogP contribution in [0.25, 0.3) is 27.7 Å². The monoisotopic (exact) mass is 461 g/mol. The lowest BCUT2D eigenvalue weighted by Gasteiger charge is -2.07. The van der Waals surface area contributed by atoms with Gasteiger partial charge in [0.25, 0.3) is 5.56 Å². The van der Waals surface area contributed by atoms with E-state index in [0.717, 1.165) is 10.9 Å². The lowest BCUT2D eigenvalue weighted by atomic mass is 10.0. The number of rotatable bonds is 6. The molecule has 0 aliphatic heterocycles. The molecule has 0 aliphatic rings. The molecule has 0 spiro atoms. The highest BCUT2D eigenvalue weighted by molar-refractivity contribution is 5.93. The molecule has 0 atom stereocenters. The van der Waals surface area contributed by atoms with E-state index in [2.05, 4.69) is 20.0 Å². The van der Waals surface area contributed by atoms with E-state index >= 15 is 0 Å². The number of aromatic nitrogens is 5. The predicted molar refractivity (Wildman–Crippen MR) is 121 cm³/mol. The predicted octanol–water partition coefficient (Wildman–Crippen LogP) is 3.59. The molecule has 1 N–H and O–H groups in total. The largest absolute Gasteiger partial charge is 0.435 e. The van der Waals surface area contributed by atoms with Gasteiger partial charge in [-0.2, -0.15) is 23.7 Å². The maximum Gasteiger partial charge on any atom is 0.387 e. The minimum atomic E-state index is -2.92. The molecule has 0 unspecified atom stereocenters. The summed E-state index contributed by atoms with van der Waals surface area (Å²) in [5.41, 5.74) is 1.88. The van der Waals surface area contributed by atoms with Crippen LogP contribution in [0.15, 0.2) is 88.7 Å². The van der Waals surface area contributed by atoms with E-state index in [1.165, 1.54) is 27.7 Å². The first-order valence-electron chi connectivity index (χ1n) is 10.3. The third kappa shape index (κ3) is 4.08. The zero-order valence-corrected chi connectivity index (χ0v) is 17.6. The quantitative estimate of drug-likeness (QED) is 0.417. The fourth-order valence-electron chi connectivity index (χ4n) is 3.73. The van der Waals surface area contributed by atoms with Gasteiger partial charge in [-0.15, -0.1) is 0 Å². The summed E-state index contributed by atoms with van der Waals surface area (Å²) in [6.07, 6.45) is 1.38. The highest BCUT2D eigenvalue weighted by Crippen LogP contribution is 2.24. The highest BCUT2D eigenvalue weighted by Gasteiger charge is 2.12. The number of halogens is 2. The molecule has 34 heavy (non-hydrogen) atoms. The fourth-order valence-corrected chi connectivity index (χ4v) is 3.73. The molecule has 170 valence electrons. The molecule has 0 saturated heterocycles. The van der Waals surface area contributed by atoms with Crippen molar-refractivity contribution in [2.45, 2.75) is 13.2 Å². The van der Waals surface area contributed by atoms with E-state index in [9.17, 15) is 18.4 Å². The van der Waals surface area contributed by atoms with Gasteiger partial charge in [0.2, 0.25) is 0 Å². The minimum absolute atomic E-state index is 0.0203. The Morgan fingerprint density at radius 2 is 1.71 bits per heavy atom. The second-order valence-electron chi connectivity index (χ2n) is 7.47. The SMILES string of the molecule is O=c1[nH]nc(-c2ccc(-n3ncn(Cc4cccc(OC(F)F)c4)c3=O)cc2)c2ccccc12. The molecule has 0 saturated carbocycles. The van der Waals surface area contributed by atoms with Gasteiger partial charge in [-0.1, -0.05) is 42.5 Å². The van der Waals surface area contributed by atoms with Crippen molar-refractivity contribution in [2.75, 3.05) is 0 Å². The first-order chi connectivity index (χ1) is 16.5. The van der Waals surface area contributed by atoms with Crippen LogP contribution in [0.3, 0.4) is 0 Å². The van der Waals surface area contributed by atoms with Gasteiger partial charge >= 0.3 is 12.3 Å². The van der Waals surface area contributed by atoms with Crippen molar-refractivity contribution in [3.63, 3.8) is 0 Å². The number of ether oxygens (including phenoxy) is 1. The van der Waals surface area contributed by atoms with Gasteiger partial charge in [0.05, 0.1) is 23.3 Å². The van der Waals surface area contributed by atoms with Gasteiger partial charge < -0.3 is 4.74 Å². The van der Waals surface area contributed by atoms with Gasteiger partial charge in [0.1, 0.15) is 12.1 Å². The number of hydrogen-bond acceptors (Lipinski definition) is 5. The van der Waals surface area contributed by atoms with Crippen molar-refractivity contribution in [1.82, 2.24) is 24.5 Å². The summed E-state index contributed by atoms with van der Waals surface area (Å²) in [5.74, 6) is 0.0203. The van der Waals surface area contributed by atoms with Crippen LogP contribution in [0.4, 0.5) is 8.78 Å². The number of alkyl halides is 2. The van der Waals surface area contributed by atoms with Crippen LogP contribution in [0, 0.1) is 0 Å². The third-order valence-corrected chi connectivity index (χ3v) is 5.29. The van der Waals surface area contributed by atoms with Crippen LogP contribution in [0.5, 0.6) is 5.75 Å². The second-order valence-corrected chi connectivity index (χ2v) is 7.47. The Hall–Kier alpha value is -4.60. The Balaban J connectivity index is 1.42. The van der Waals surface area contributed by atoms with Crippen molar-refractivity contribution < 1.29 is 13.5 Å². The summed E-state index contributed by atoms with van der Waals surface area (Å²) in [7, 11) is 0. The van der Waals surface area contributed by atoms with Gasteiger partial charge in [-0.3, -0.25) is 9.36 Å². The minimum Gasteiger partial charge on any atom is -0.435 e. The molecular weight excluding hydrogens is 444 g/mol. The van der Waals surface area contributed by atoms with Crippen molar-refractivity contribution in [1.29, 1.82) is 0 Å². The van der Waals surface area contributed by atoms with Crippen LogP contribution in [0.1, 0.15) is 5.56 Å². The molecule has 2 aromatic heterocycles. The molecule has 5 rings (SSSR count). The number of aromatic amines is 1. The van der Waals surface area contributed by atoms with Crippen LogP contribution in [0.2, 0.25) is 0 Å². The number of nitrogens with zero attached hydrogens (tertiary/aromatic N) is 4. The Morgan fingerprint density at radius 1 is 0.941 bits per heavy atom. The Morgan fingerprint density at radius 3 is 2.47 bits per heavy atom. The third-order valence-electron chi connectivity index (χ3n) is 5.29. The van der Waals surface area contributed by atoms with E-state index in [4.69, 9.17) is 0 Å². The normalized spacial score (nSPS) is 11.3. The summed E-state index contributed by atoms with van der Waals surface area (Å²) in [6, 6.07) is 20.4. The molecule has 0 radical (unpaired) electrons. The molecule has 3 aromatic carbocycles. The van der Waals surface area contributed by atoms with E-state index in [1.54, 1.807) is 48.5 Å². The molecule has 10 heteroatoms. The molecule has 2 heterocycles. The number of nitrogens with one attached hydrogen (secondary N) is 1. The van der Waals surface area contributed by atoms with Crippen LogP contribution in [-0.4, -0.2) is 31.2 Å². The van der Waals surface area contributed by atoms with Gasteiger partial charge in [-0.05, 0) is 35.9 Å². The lowest BCUT2D eigenvalue weighted by Crippen LogP contribution is -2.24. The summed E-state index contributed by atoms with van der Waals surface area (Å²) >= 11 is 0. The van der Waals surface area contributed by atoms with Crippen molar-refractivity contribution in [3.05, 3.63) is 106 Å². The zero-order chi connectivity index (χ0) is 23.7. The summed E-state index contributed by atoms with van der Waals surface area (Å²) < 4.78 is 31.9. The van der Waals surface area contributed by atoms with Gasteiger partial charge in [0, 0.05) is 10.9 Å². The van der Waals surface area contributed by atoms with Gasteiger partial charge in [-0.25, -0.2) is 9.89 Å². The van der Waals surface area contributed by atoms with Crippen molar-refractivity contribution in [2.24, 2.45) is 0 Å².